The number of sulfonamides is 1. The summed E-state index contributed by atoms with van der Waals surface area (Å²) in [7, 11) is -0.621. The van der Waals surface area contributed by atoms with Crippen LogP contribution < -0.4 is 14.2 Å². The zero-order valence-electron chi connectivity index (χ0n) is 15.3. The molecule has 0 aliphatic heterocycles. The van der Waals surface area contributed by atoms with Gasteiger partial charge in [-0.15, -0.1) is 0 Å². The lowest BCUT2D eigenvalue weighted by molar-refractivity contribution is 0.355. The molecule has 0 aliphatic rings. The van der Waals surface area contributed by atoms with E-state index in [-0.39, 0.29) is 4.90 Å². The molecule has 0 saturated carbocycles. The van der Waals surface area contributed by atoms with E-state index in [1.165, 1.54) is 7.11 Å². The van der Waals surface area contributed by atoms with E-state index in [0.717, 1.165) is 17.5 Å². The minimum absolute atomic E-state index is 0.230. The van der Waals surface area contributed by atoms with Crippen molar-refractivity contribution in [1.29, 1.82) is 0 Å². The van der Waals surface area contributed by atoms with Gasteiger partial charge in [0.05, 0.1) is 24.8 Å². The number of aryl methyl sites for hydroxylation is 1. The van der Waals surface area contributed by atoms with Crippen LogP contribution in [0.1, 0.15) is 37.3 Å². The summed E-state index contributed by atoms with van der Waals surface area (Å²) >= 11 is 0. The van der Waals surface area contributed by atoms with E-state index in [2.05, 4.69) is 18.6 Å². The molecular weight excluding hydrogens is 338 g/mol. The van der Waals surface area contributed by atoms with Crippen LogP contribution in [0.25, 0.3) is 0 Å². The lowest BCUT2D eigenvalue weighted by atomic mass is 9.99. The number of nitrogens with one attached hydrogen (secondary N) is 1. The second-order valence-corrected chi connectivity index (χ2v) is 7.69. The zero-order chi connectivity index (χ0) is 18.6. The van der Waals surface area contributed by atoms with Crippen molar-refractivity contribution in [3.8, 4) is 11.5 Å². The van der Waals surface area contributed by atoms with Crippen LogP contribution in [-0.2, 0) is 10.0 Å². The number of rotatable bonds is 7. The summed E-state index contributed by atoms with van der Waals surface area (Å²) in [4.78, 5) is 0.230. The molecule has 5 nitrogen and oxygen atoms in total. The highest BCUT2D eigenvalue weighted by Crippen LogP contribution is 2.34. The van der Waals surface area contributed by atoms with Crippen LogP contribution in [0.4, 0.5) is 5.69 Å². The van der Waals surface area contributed by atoms with E-state index in [9.17, 15) is 8.42 Å². The normalized spacial score (nSPS) is 12.5. The van der Waals surface area contributed by atoms with Crippen molar-refractivity contribution in [2.24, 2.45) is 0 Å². The number of hydrogen-bond acceptors (Lipinski definition) is 4. The summed E-state index contributed by atoms with van der Waals surface area (Å²) in [5, 5.41) is 0. The number of hydrogen-bond donors (Lipinski definition) is 1. The Morgan fingerprint density at radius 3 is 2.12 bits per heavy atom. The molecule has 0 heterocycles. The fourth-order valence-electron chi connectivity index (χ4n) is 2.51. The molecule has 0 amide bonds. The molecule has 0 unspecified atom stereocenters. The highest BCUT2D eigenvalue weighted by Gasteiger charge is 2.18. The summed E-state index contributed by atoms with van der Waals surface area (Å²) in [5.41, 5.74) is 2.34. The average Bonchev–Trinajstić information content (AvgIpc) is 2.62. The van der Waals surface area contributed by atoms with Crippen molar-refractivity contribution in [2.45, 2.75) is 38.0 Å². The third-order valence-electron chi connectivity index (χ3n) is 4.35. The standard InChI is InChI=1S/C19H25NO4S/c1-6-13(2)15-7-9-16(10-8-15)25(21,22)20-17-12-19(24-5)18(23-4)11-14(17)3/h7-13,20H,6H2,1-5H3/t13-/m0/s1. The lowest BCUT2D eigenvalue weighted by Crippen LogP contribution is -2.14. The van der Waals surface area contributed by atoms with Gasteiger partial charge in [0.2, 0.25) is 0 Å². The maximum atomic E-state index is 12.7. The minimum atomic E-state index is -3.68. The van der Waals surface area contributed by atoms with E-state index in [0.29, 0.717) is 23.1 Å². The van der Waals surface area contributed by atoms with Crippen LogP contribution in [0.15, 0.2) is 41.3 Å². The third kappa shape index (κ3) is 4.25. The Hall–Kier alpha value is -2.21. The highest BCUT2D eigenvalue weighted by atomic mass is 32.2. The smallest absolute Gasteiger partial charge is 0.261 e. The Labute approximate surface area is 150 Å². The molecule has 136 valence electrons. The predicted molar refractivity (Wildman–Crippen MR) is 100 cm³/mol. The van der Waals surface area contributed by atoms with Crippen molar-refractivity contribution in [2.75, 3.05) is 18.9 Å². The van der Waals surface area contributed by atoms with E-state index in [1.54, 1.807) is 31.4 Å². The third-order valence-corrected chi connectivity index (χ3v) is 5.73. The molecule has 2 aromatic carbocycles. The van der Waals surface area contributed by atoms with Gasteiger partial charge in [-0.1, -0.05) is 26.0 Å². The van der Waals surface area contributed by atoms with Gasteiger partial charge < -0.3 is 9.47 Å². The molecule has 0 fully saturated rings. The summed E-state index contributed by atoms with van der Waals surface area (Å²) in [5.74, 6) is 1.43. The van der Waals surface area contributed by atoms with Crippen molar-refractivity contribution in [3.05, 3.63) is 47.5 Å². The van der Waals surface area contributed by atoms with Gasteiger partial charge >= 0.3 is 0 Å². The number of benzene rings is 2. The van der Waals surface area contributed by atoms with Crippen LogP contribution >= 0.6 is 0 Å². The monoisotopic (exact) mass is 363 g/mol. The molecule has 0 aromatic heterocycles. The van der Waals surface area contributed by atoms with Crippen molar-refractivity contribution < 1.29 is 17.9 Å². The topological polar surface area (TPSA) is 64.6 Å². The second-order valence-electron chi connectivity index (χ2n) is 6.01. The van der Waals surface area contributed by atoms with Gasteiger partial charge in [0.1, 0.15) is 0 Å². The van der Waals surface area contributed by atoms with Crippen molar-refractivity contribution >= 4 is 15.7 Å². The Kier molecular flexibility index (Phi) is 5.95. The summed E-state index contributed by atoms with van der Waals surface area (Å²) < 4.78 is 38.5. The van der Waals surface area contributed by atoms with E-state index in [4.69, 9.17) is 9.47 Å². The number of anilines is 1. The van der Waals surface area contributed by atoms with Crippen molar-refractivity contribution in [3.63, 3.8) is 0 Å². The van der Waals surface area contributed by atoms with Gasteiger partial charge in [-0.05, 0) is 48.6 Å². The molecule has 0 saturated heterocycles. The number of ether oxygens (including phenoxy) is 2. The van der Waals surface area contributed by atoms with Crippen LogP contribution in [0.5, 0.6) is 11.5 Å². The van der Waals surface area contributed by atoms with E-state index < -0.39 is 10.0 Å². The average molecular weight is 363 g/mol. The summed E-state index contributed by atoms with van der Waals surface area (Å²) in [6.45, 7) is 6.04. The van der Waals surface area contributed by atoms with Gasteiger partial charge in [0.25, 0.3) is 10.0 Å². The first kappa shape index (κ1) is 19.1. The molecule has 0 bridgehead atoms. The Bertz CT molecular complexity index is 829. The van der Waals surface area contributed by atoms with Crippen LogP contribution in [0, 0.1) is 6.92 Å². The largest absolute Gasteiger partial charge is 0.493 e. The van der Waals surface area contributed by atoms with Gasteiger partial charge in [0, 0.05) is 6.07 Å². The van der Waals surface area contributed by atoms with Crippen molar-refractivity contribution in [1.82, 2.24) is 0 Å². The first-order valence-electron chi connectivity index (χ1n) is 8.17. The van der Waals surface area contributed by atoms with E-state index in [1.807, 2.05) is 19.1 Å². The molecular formula is C19H25NO4S. The molecule has 6 heteroatoms. The molecule has 2 aromatic rings. The molecule has 2 rings (SSSR count). The quantitative estimate of drug-likeness (QED) is 0.795. The van der Waals surface area contributed by atoms with Gasteiger partial charge in [-0.3, -0.25) is 4.72 Å². The van der Waals surface area contributed by atoms with Gasteiger partial charge in [-0.25, -0.2) is 8.42 Å². The Balaban J connectivity index is 2.32. The first-order valence-corrected chi connectivity index (χ1v) is 9.66. The first-order chi connectivity index (χ1) is 11.8. The van der Waals surface area contributed by atoms with Gasteiger partial charge in [0.15, 0.2) is 11.5 Å². The highest BCUT2D eigenvalue weighted by molar-refractivity contribution is 7.92. The fourth-order valence-corrected chi connectivity index (χ4v) is 3.63. The Morgan fingerprint density at radius 2 is 1.60 bits per heavy atom. The number of methoxy groups -OCH3 is 2. The minimum Gasteiger partial charge on any atom is -0.493 e. The molecule has 25 heavy (non-hydrogen) atoms. The van der Waals surface area contributed by atoms with E-state index >= 15 is 0 Å². The SMILES string of the molecule is CC[C@H](C)c1ccc(S(=O)(=O)Nc2cc(OC)c(OC)cc2C)cc1. The predicted octanol–water partition coefficient (Wildman–Crippen LogP) is 4.33. The molecule has 0 spiro atoms. The molecule has 0 aliphatic carbocycles. The maximum absolute atomic E-state index is 12.7. The van der Waals surface area contributed by atoms with Crippen LogP contribution in [0.2, 0.25) is 0 Å². The zero-order valence-corrected chi connectivity index (χ0v) is 16.1. The fraction of sp³-hybridized carbons (Fsp3) is 0.368. The molecule has 1 N–H and O–H groups in total. The molecule has 1 atom stereocenters. The second kappa shape index (κ2) is 7.78. The maximum Gasteiger partial charge on any atom is 0.261 e. The summed E-state index contributed by atoms with van der Waals surface area (Å²) in [6.07, 6.45) is 1.01. The Morgan fingerprint density at radius 1 is 1.04 bits per heavy atom. The molecule has 0 radical (unpaired) electrons. The summed E-state index contributed by atoms with van der Waals surface area (Å²) in [6, 6.07) is 10.4. The van der Waals surface area contributed by atoms with Gasteiger partial charge in [-0.2, -0.15) is 0 Å². The van der Waals surface area contributed by atoms with Crippen LogP contribution in [0.3, 0.4) is 0 Å². The van der Waals surface area contributed by atoms with Crippen LogP contribution in [-0.4, -0.2) is 22.6 Å². The lowest BCUT2D eigenvalue weighted by Gasteiger charge is -2.15.